The van der Waals surface area contributed by atoms with Gasteiger partial charge in [0.05, 0.1) is 0 Å². The zero-order valence-corrected chi connectivity index (χ0v) is 10.9. The van der Waals surface area contributed by atoms with Gasteiger partial charge in [0.2, 0.25) is 5.91 Å². The molecule has 1 rings (SSSR count). The lowest BCUT2D eigenvalue weighted by molar-refractivity contribution is -0.130. The Morgan fingerprint density at radius 1 is 1.38 bits per heavy atom. The fraction of sp³-hybridized carbons (Fsp3) is 0.900. The summed E-state index contributed by atoms with van der Waals surface area (Å²) in [4.78, 5) is 13.3. The highest BCUT2D eigenvalue weighted by molar-refractivity contribution is 7.91. The molecule has 0 atom stereocenters. The van der Waals surface area contributed by atoms with E-state index >= 15 is 0 Å². The van der Waals surface area contributed by atoms with Crippen molar-refractivity contribution in [2.24, 2.45) is 0 Å². The highest BCUT2D eigenvalue weighted by atomic mass is 32.2. The van der Waals surface area contributed by atoms with Gasteiger partial charge in [-0.25, -0.2) is 8.42 Å². The Kier molecular flexibility index (Phi) is 3.96. The standard InChI is InChI=1S/C10H20N2O3S/c1-10(11-2)4-6-12(7-5-10)9(13)8-16(3,14)15/h11H,4-8H2,1-3H3. The largest absolute Gasteiger partial charge is 0.342 e. The van der Waals surface area contributed by atoms with Gasteiger partial charge in [0.1, 0.15) is 5.75 Å². The molecule has 1 amide bonds. The van der Waals surface area contributed by atoms with Crippen molar-refractivity contribution < 1.29 is 13.2 Å². The Morgan fingerprint density at radius 3 is 2.25 bits per heavy atom. The van der Waals surface area contributed by atoms with E-state index in [2.05, 4.69) is 12.2 Å². The number of hydrogen-bond donors (Lipinski definition) is 1. The van der Waals surface area contributed by atoms with Crippen LogP contribution in [-0.2, 0) is 14.6 Å². The first-order valence-electron chi connectivity index (χ1n) is 5.40. The number of nitrogens with zero attached hydrogens (tertiary/aromatic N) is 1. The molecule has 0 radical (unpaired) electrons. The van der Waals surface area contributed by atoms with Crippen LogP contribution in [0, 0.1) is 0 Å². The molecule has 0 unspecified atom stereocenters. The van der Waals surface area contributed by atoms with E-state index in [1.807, 2.05) is 7.05 Å². The Bertz CT molecular complexity index is 356. The number of nitrogens with one attached hydrogen (secondary N) is 1. The summed E-state index contributed by atoms with van der Waals surface area (Å²) in [5.41, 5.74) is 0.0713. The Labute approximate surface area is 97.1 Å². The summed E-state index contributed by atoms with van der Waals surface area (Å²) in [6.07, 6.45) is 2.81. The number of carbonyl (C=O) groups excluding carboxylic acids is 1. The average molecular weight is 248 g/mol. The minimum Gasteiger partial charge on any atom is -0.342 e. The van der Waals surface area contributed by atoms with Crippen molar-refractivity contribution in [1.82, 2.24) is 10.2 Å². The second-order valence-corrected chi connectivity index (χ2v) is 6.90. The molecule has 16 heavy (non-hydrogen) atoms. The third-order valence-corrected chi connectivity index (χ3v) is 3.98. The van der Waals surface area contributed by atoms with Crippen molar-refractivity contribution in [2.75, 3.05) is 32.1 Å². The van der Waals surface area contributed by atoms with Crippen molar-refractivity contribution in [3.8, 4) is 0 Å². The molecule has 6 heteroatoms. The minimum atomic E-state index is -3.21. The van der Waals surface area contributed by atoms with Gasteiger partial charge in [0.25, 0.3) is 0 Å². The van der Waals surface area contributed by atoms with E-state index in [1.165, 1.54) is 0 Å². The molecule has 1 N–H and O–H groups in total. The maximum atomic E-state index is 11.6. The normalized spacial score (nSPS) is 20.8. The number of carbonyl (C=O) groups is 1. The van der Waals surface area contributed by atoms with Crippen LogP contribution >= 0.6 is 0 Å². The molecule has 5 nitrogen and oxygen atoms in total. The van der Waals surface area contributed by atoms with Crippen molar-refractivity contribution in [1.29, 1.82) is 0 Å². The third kappa shape index (κ3) is 3.75. The second-order valence-electron chi connectivity index (χ2n) is 4.76. The molecule has 0 aromatic rings. The van der Waals surface area contributed by atoms with E-state index in [0.717, 1.165) is 19.1 Å². The number of likely N-dealkylation sites (tertiary alicyclic amines) is 1. The number of hydrogen-bond acceptors (Lipinski definition) is 4. The van der Waals surface area contributed by atoms with Crippen molar-refractivity contribution in [3.63, 3.8) is 0 Å². The number of sulfone groups is 1. The van der Waals surface area contributed by atoms with Crippen LogP contribution in [0.15, 0.2) is 0 Å². The van der Waals surface area contributed by atoms with Crippen molar-refractivity contribution >= 4 is 15.7 Å². The van der Waals surface area contributed by atoms with E-state index in [9.17, 15) is 13.2 Å². The van der Waals surface area contributed by atoms with Crippen LogP contribution in [0.2, 0.25) is 0 Å². The van der Waals surface area contributed by atoms with Crippen molar-refractivity contribution in [3.05, 3.63) is 0 Å². The summed E-state index contributed by atoms with van der Waals surface area (Å²) in [7, 11) is -1.30. The van der Waals surface area contributed by atoms with Crippen LogP contribution in [0.5, 0.6) is 0 Å². The van der Waals surface area contributed by atoms with E-state index < -0.39 is 9.84 Å². The lowest BCUT2D eigenvalue weighted by Gasteiger charge is -2.39. The van der Waals surface area contributed by atoms with Crippen LogP contribution < -0.4 is 5.32 Å². The SMILES string of the molecule is CNC1(C)CCN(C(=O)CS(C)(=O)=O)CC1. The zero-order valence-electron chi connectivity index (χ0n) is 10.1. The Hall–Kier alpha value is -0.620. The molecule has 0 aliphatic carbocycles. The van der Waals surface area contributed by atoms with E-state index in [-0.39, 0.29) is 17.2 Å². The molecule has 1 saturated heterocycles. The molecule has 0 saturated carbocycles. The van der Waals surface area contributed by atoms with E-state index in [4.69, 9.17) is 0 Å². The molecular formula is C10H20N2O3S. The van der Waals surface area contributed by atoms with Crippen LogP contribution in [0.3, 0.4) is 0 Å². The highest BCUT2D eigenvalue weighted by Gasteiger charge is 2.30. The smallest absolute Gasteiger partial charge is 0.237 e. The fourth-order valence-corrected chi connectivity index (χ4v) is 2.45. The summed E-state index contributed by atoms with van der Waals surface area (Å²) in [6, 6.07) is 0. The van der Waals surface area contributed by atoms with E-state index in [0.29, 0.717) is 13.1 Å². The maximum absolute atomic E-state index is 11.6. The minimum absolute atomic E-state index is 0.0713. The van der Waals surface area contributed by atoms with Gasteiger partial charge in [0, 0.05) is 24.9 Å². The molecule has 1 heterocycles. The van der Waals surface area contributed by atoms with Gasteiger partial charge in [-0.2, -0.15) is 0 Å². The van der Waals surface area contributed by atoms with Crippen LogP contribution in [-0.4, -0.2) is 56.9 Å². The summed E-state index contributed by atoms with van der Waals surface area (Å²) in [6.45, 7) is 3.38. The van der Waals surface area contributed by atoms with Crippen LogP contribution in [0.1, 0.15) is 19.8 Å². The predicted molar refractivity (Wildman–Crippen MR) is 63.0 cm³/mol. The van der Waals surface area contributed by atoms with Crippen LogP contribution in [0.25, 0.3) is 0 Å². The first kappa shape index (κ1) is 13.4. The van der Waals surface area contributed by atoms with E-state index in [1.54, 1.807) is 4.90 Å². The maximum Gasteiger partial charge on any atom is 0.237 e. The highest BCUT2D eigenvalue weighted by Crippen LogP contribution is 2.21. The lowest BCUT2D eigenvalue weighted by Crippen LogP contribution is -2.52. The van der Waals surface area contributed by atoms with Gasteiger partial charge in [-0.15, -0.1) is 0 Å². The molecule has 94 valence electrons. The first-order chi connectivity index (χ1) is 7.26. The van der Waals surface area contributed by atoms with Gasteiger partial charge in [-0.3, -0.25) is 4.79 Å². The van der Waals surface area contributed by atoms with Crippen LogP contribution in [0.4, 0.5) is 0 Å². The van der Waals surface area contributed by atoms with Crippen molar-refractivity contribution in [2.45, 2.75) is 25.3 Å². The number of rotatable bonds is 3. The fourth-order valence-electron chi connectivity index (χ4n) is 1.82. The molecular weight excluding hydrogens is 228 g/mol. The summed E-state index contributed by atoms with van der Waals surface area (Å²) in [5, 5.41) is 3.23. The summed E-state index contributed by atoms with van der Waals surface area (Å²) >= 11 is 0. The lowest BCUT2D eigenvalue weighted by atomic mass is 9.90. The first-order valence-corrected chi connectivity index (χ1v) is 7.46. The van der Waals surface area contributed by atoms with Gasteiger partial charge in [-0.1, -0.05) is 0 Å². The Balaban J connectivity index is 2.51. The zero-order chi connectivity index (χ0) is 12.4. The second kappa shape index (κ2) is 4.71. The molecule has 1 aliphatic rings. The third-order valence-electron chi connectivity index (χ3n) is 3.21. The predicted octanol–water partition coefficient (Wildman–Crippen LogP) is -0.368. The quantitative estimate of drug-likeness (QED) is 0.740. The topological polar surface area (TPSA) is 66.5 Å². The Morgan fingerprint density at radius 2 is 1.88 bits per heavy atom. The molecule has 1 fully saturated rings. The number of piperidine rings is 1. The molecule has 1 aliphatic heterocycles. The number of amides is 1. The van der Waals surface area contributed by atoms with Gasteiger partial charge < -0.3 is 10.2 Å². The molecule has 0 aromatic carbocycles. The average Bonchev–Trinajstić information content (AvgIpc) is 2.16. The van der Waals surface area contributed by atoms with Gasteiger partial charge >= 0.3 is 0 Å². The molecule has 0 spiro atoms. The summed E-state index contributed by atoms with van der Waals surface area (Å²) < 4.78 is 22.0. The molecule has 0 bridgehead atoms. The monoisotopic (exact) mass is 248 g/mol. The van der Waals surface area contributed by atoms with Gasteiger partial charge in [0.15, 0.2) is 9.84 Å². The molecule has 0 aromatic heterocycles. The van der Waals surface area contributed by atoms with Gasteiger partial charge in [-0.05, 0) is 26.8 Å². The summed E-state index contributed by atoms with van der Waals surface area (Å²) in [5.74, 6) is -0.649.